The second-order valence-corrected chi connectivity index (χ2v) is 5.86. The van der Waals surface area contributed by atoms with Crippen LogP contribution in [0.15, 0.2) is 24.3 Å². The molecule has 1 aromatic carbocycles. The number of carbonyl (C=O) groups excluding carboxylic acids is 1. The second-order valence-electron chi connectivity index (χ2n) is 5.39. The Bertz CT molecular complexity index is 463. The van der Waals surface area contributed by atoms with Crippen molar-refractivity contribution >= 4 is 23.1 Å². The molecule has 0 bridgehead atoms. The maximum absolute atomic E-state index is 12.2. The van der Waals surface area contributed by atoms with Gasteiger partial charge in [-0.05, 0) is 24.0 Å². The fourth-order valence-electron chi connectivity index (χ4n) is 1.68. The molecule has 0 spiro atoms. The lowest BCUT2D eigenvalue weighted by atomic mass is 9.83. The molecule has 0 saturated carbocycles. The summed E-state index contributed by atoms with van der Waals surface area (Å²) in [6, 6.07) is 7.28. The van der Waals surface area contributed by atoms with E-state index < -0.39 is 0 Å². The minimum atomic E-state index is -0.305. The first-order chi connectivity index (χ1) is 8.23. The Morgan fingerprint density at radius 3 is 2.39 bits per heavy atom. The highest BCUT2D eigenvalue weighted by molar-refractivity contribution is 7.80. The predicted octanol–water partition coefficient (Wildman–Crippen LogP) is 2.39. The van der Waals surface area contributed by atoms with Crippen molar-refractivity contribution in [3.05, 3.63) is 35.4 Å². The van der Waals surface area contributed by atoms with Crippen molar-refractivity contribution in [1.29, 1.82) is 0 Å². The molecule has 0 saturated heterocycles. The van der Waals surface area contributed by atoms with E-state index in [1.807, 2.05) is 24.3 Å². The van der Waals surface area contributed by atoms with Gasteiger partial charge in [0.15, 0.2) is 0 Å². The number of benzene rings is 1. The summed E-state index contributed by atoms with van der Waals surface area (Å²) >= 11 is 4.86. The Morgan fingerprint density at radius 2 is 1.89 bits per heavy atom. The van der Waals surface area contributed by atoms with E-state index in [0.29, 0.717) is 5.56 Å². The van der Waals surface area contributed by atoms with Crippen LogP contribution in [0, 0.1) is 0 Å². The molecule has 0 radical (unpaired) electrons. The molecular formula is C14H20N2OS. The first kappa shape index (κ1) is 14.6. The summed E-state index contributed by atoms with van der Waals surface area (Å²) in [7, 11) is 0. The van der Waals surface area contributed by atoms with E-state index in [2.05, 4.69) is 26.1 Å². The highest BCUT2D eigenvalue weighted by Crippen LogP contribution is 2.25. The van der Waals surface area contributed by atoms with Crippen LogP contribution in [0.3, 0.4) is 0 Å². The standard InChI is InChI=1S/C14H20N2OS/c1-9(12(15)18)16-13(17)10-7-5-6-8-11(10)14(2,3)4/h5-9H,1-4H3,(H2,15,18)(H,16,17). The number of hydrogen-bond acceptors (Lipinski definition) is 2. The first-order valence-corrected chi connectivity index (χ1v) is 6.34. The fourth-order valence-corrected chi connectivity index (χ4v) is 1.74. The number of thiocarbonyl (C=S) groups is 1. The highest BCUT2D eigenvalue weighted by atomic mass is 32.1. The Hall–Kier alpha value is -1.42. The molecule has 3 nitrogen and oxygen atoms in total. The van der Waals surface area contributed by atoms with Crippen LogP contribution in [0.2, 0.25) is 0 Å². The monoisotopic (exact) mass is 264 g/mol. The van der Waals surface area contributed by atoms with Gasteiger partial charge in [-0.15, -0.1) is 0 Å². The van der Waals surface area contributed by atoms with Gasteiger partial charge in [0.25, 0.3) is 5.91 Å². The van der Waals surface area contributed by atoms with Gasteiger partial charge in [-0.25, -0.2) is 0 Å². The number of carbonyl (C=O) groups is 1. The summed E-state index contributed by atoms with van der Waals surface area (Å²) in [4.78, 5) is 12.5. The maximum Gasteiger partial charge on any atom is 0.252 e. The molecule has 18 heavy (non-hydrogen) atoms. The Kier molecular flexibility index (Phi) is 4.46. The maximum atomic E-state index is 12.2. The van der Waals surface area contributed by atoms with Crippen LogP contribution in [0.4, 0.5) is 0 Å². The highest BCUT2D eigenvalue weighted by Gasteiger charge is 2.22. The van der Waals surface area contributed by atoms with E-state index in [4.69, 9.17) is 18.0 Å². The minimum Gasteiger partial charge on any atom is -0.392 e. The van der Waals surface area contributed by atoms with Gasteiger partial charge >= 0.3 is 0 Å². The smallest absolute Gasteiger partial charge is 0.252 e. The summed E-state index contributed by atoms with van der Waals surface area (Å²) in [6.45, 7) is 8.02. The van der Waals surface area contributed by atoms with Crippen molar-refractivity contribution in [2.24, 2.45) is 5.73 Å². The normalized spacial score (nSPS) is 12.9. The van der Waals surface area contributed by atoms with Crippen molar-refractivity contribution < 1.29 is 4.79 Å². The van der Waals surface area contributed by atoms with Crippen molar-refractivity contribution in [3.63, 3.8) is 0 Å². The van der Waals surface area contributed by atoms with Gasteiger partial charge in [-0.3, -0.25) is 4.79 Å². The summed E-state index contributed by atoms with van der Waals surface area (Å²) in [5.74, 6) is -0.138. The van der Waals surface area contributed by atoms with Crippen LogP contribution in [-0.2, 0) is 5.41 Å². The van der Waals surface area contributed by atoms with Gasteiger partial charge in [0, 0.05) is 5.56 Å². The summed E-state index contributed by atoms with van der Waals surface area (Å²) in [5, 5.41) is 2.80. The van der Waals surface area contributed by atoms with Crippen LogP contribution >= 0.6 is 12.2 Å². The molecule has 1 amide bonds. The average Bonchev–Trinajstić information content (AvgIpc) is 2.27. The van der Waals surface area contributed by atoms with Crippen molar-refractivity contribution in [2.75, 3.05) is 0 Å². The zero-order valence-corrected chi connectivity index (χ0v) is 12.1. The lowest BCUT2D eigenvalue weighted by Gasteiger charge is -2.23. The van der Waals surface area contributed by atoms with Crippen LogP contribution in [0.25, 0.3) is 0 Å². The number of nitrogens with two attached hydrogens (primary N) is 1. The molecule has 0 heterocycles. The topological polar surface area (TPSA) is 55.1 Å². The minimum absolute atomic E-state index is 0.0829. The second kappa shape index (κ2) is 5.48. The van der Waals surface area contributed by atoms with Crippen molar-refractivity contribution in [1.82, 2.24) is 5.32 Å². The molecular weight excluding hydrogens is 244 g/mol. The van der Waals surface area contributed by atoms with Crippen molar-refractivity contribution in [2.45, 2.75) is 39.2 Å². The Labute approximate surface area is 114 Å². The number of hydrogen-bond donors (Lipinski definition) is 2. The van der Waals surface area contributed by atoms with Crippen molar-refractivity contribution in [3.8, 4) is 0 Å². The molecule has 98 valence electrons. The average molecular weight is 264 g/mol. The SMILES string of the molecule is CC(NC(=O)c1ccccc1C(C)(C)C)C(N)=S. The predicted molar refractivity (Wildman–Crippen MR) is 78.9 cm³/mol. The van der Waals surface area contributed by atoms with Gasteiger partial charge in [0.05, 0.1) is 11.0 Å². The zero-order chi connectivity index (χ0) is 13.9. The first-order valence-electron chi connectivity index (χ1n) is 5.93. The summed E-state index contributed by atoms with van der Waals surface area (Å²) in [6.07, 6.45) is 0. The largest absolute Gasteiger partial charge is 0.392 e. The van der Waals surface area contributed by atoms with E-state index in [9.17, 15) is 4.79 Å². The zero-order valence-electron chi connectivity index (χ0n) is 11.3. The van der Waals surface area contributed by atoms with Crippen LogP contribution in [0.5, 0.6) is 0 Å². The molecule has 1 rings (SSSR count). The summed E-state index contributed by atoms with van der Waals surface area (Å²) in [5.41, 5.74) is 7.11. The quantitative estimate of drug-likeness (QED) is 0.824. The van der Waals surface area contributed by atoms with Gasteiger partial charge in [0.2, 0.25) is 0 Å². The summed E-state index contributed by atoms with van der Waals surface area (Å²) < 4.78 is 0. The number of nitrogens with one attached hydrogen (secondary N) is 1. The molecule has 3 N–H and O–H groups in total. The van der Waals surface area contributed by atoms with Gasteiger partial charge in [-0.2, -0.15) is 0 Å². The lowest BCUT2D eigenvalue weighted by Crippen LogP contribution is -2.41. The Balaban J connectivity index is 3.03. The molecule has 1 unspecified atom stereocenters. The molecule has 4 heteroatoms. The molecule has 0 aliphatic rings. The van der Waals surface area contributed by atoms with Crippen LogP contribution in [0.1, 0.15) is 43.6 Å². The van der Waals surface area contributed by atoms with E-state index in [0.717, 1.165) is 5.56 Å². The molecule has 0 aliphatic heterocycles. The van der Waals surface area contributed by atoms with Gasteiger partial charge < -0.3 is 11.1 Å². The van der Waals surface area contributed by atoms with Gasteiger partial charge in [-0.1, -0.05) is 51.2 Å². The van der Waals surface area contributed by atoms with Crippen LogP contribution < -0.4 is 11.1 Å². The third-order valence-corrected chi connectivity index (χ3v) is 3.11. The Morgan fingerprint density at radius 1 is 1.33 bits per heavy atom. The van der Waals surface area contributed by atoms with E-state index in [1.54, 1.807) is 6.92 Å². The molecule has 0 aromatic heterocycles. The van der Waals surface area contributed by atoms with E-state index in [1.165, 1.54) is 0 Å². The fraction of sp³-hybridized carbons (Fsp3) is 0.429. The third kappa shape index (κ3) is 3.53. The molecule has 1 atom stereocenters. The van der Waals surface area contributed by atoms with E-state index >= 15 is 0 Å². The number of rotatable bonds is 3. The van der Waals surface area contributed by atoms with E-state index in [-0.39, 0.29) is 22.4 Å². The van der Waals surface area contributed by atoms with Crippen LogP contribution in [-0.4, -0.2) is 16.9 Å². The van der Waals surface area contributed by atoms with Gasteiger partial charge in [0.1, 0.15) is 0 Å². The lowest BCUT2D eigenvalue weighted by molar-refractivity contribution is 0.0947. The molecule has 1 aromatic rings. The third-order valence-electron chi connectivity index (χ3n) is 2.75. The number of amides is 1. The molecule has 0 fully saturated rings. The molecule has 0 aliphatic carbocycles.